The zero-order valence-electron chi connectivity index (χ0n) is 28.4. The van der Waals surface area contributed by atoms with Gasteiger partial charge in [0.15, 0.2) is 0 Å². The molecule has 4 aromatic rings. The molecule has 3 aromatic carbocycles. The molecule has 1 saturated carbocycles. The van der Waals surface area contributed by atoms with E-state index in [0.29, 0.717) is 22.6 Å². The number of likely N-dealkylation sites (tertiary alicyclic amines) is 1. The van der Waals surface area contributed by atoms with Crippen LogP contribution < -0.4 is 14.9 Å². The lowest BCUT2D eigenvalue weighted by atomic mass is 9.49. The third kappa shape index (κ3) is 4.89. The number of benzene rings is 3. The van der Waals surface area contributed by atoms with Crippen LogP contribution in [0.15, 0.2) is 95.9 Å². The topological polar surface area (TPSA) is 125 Å². The van der Waals surface area contributed by atoms with E-state index in [-0.39, 0.29) is 42.7 Å². The van der Waals surface area contributed by atoms with Crippen molar-refractivity contribution in [2.24, 2.45) is 23.7 Å². The molecule has 2 N–H and O–H groups in total. The van der Waals surface area contributed by atoms with Crippen molar-refractivity contribution in [3.63, 3.8) is 0 Å². The summed E-state index contributed by atoms with van der Waals surface area (Å²) in [5, 5.41) is 14.9. The summed E-state index contributed by atoms with van der Waals surface area (Å²) in [7, 11) is 2.96. The van der Waals surface area contributed by atoms with Crippen molar-refractivity contribution in [2.45, 2.75) is 37.6 Å². The second-order valence-electron chi connectivity index (χ2n) is 13.7. The normalized spacial score (nSPS) is 26.8. The number of fused-ring (bicyclic) bond motifs is 4. The zero-order chi connectivity index (χ0) is 35.6. The molecule has 260 valence electrons. The smallest absolute Gasteiger partial charge is 0.260 e. The van der Waals surface area contributed by atoms with Crippen LogP contribution in [0.2, 0.25) is 0 Å². The maximum atomic E-state index is 15.4. The number of aryl methyl sites for hydroxylation is 1. The Bertz CT molecular complexity index is 2080. The fourth-order valence-corrected chi connectivity index (χ4v) is 9.70. The van der Waals surface area contributed by atoms with Crippen LogP contribution in [-0.2, 0) is 31.1 Å². The first-order valence-corrected chi connectivity index (χ1v) is 17.9. The highest BCUT2D eigenvalue weighted by atomic mass is 32.1. The van der Waals surface area contributed by atoms with Crippen LogP contribution in [0.4, 0.5) is 5.69 Å². The molecule has 1 aromatic heterocycles. The van der Waals surface area contributed by atoms with Crippen LogP contribution in [0, 0.1) is 30.6 Å². The van der Waals surface area contributed by atoms with Crippen LogP contribution >= 0.6 is 11.3 Å². The molecule has 3 fully saturated rings. The van der Waals surface area contributed by atoms with E-state index >= 15 is 4.79 Å². The molecule has 51 heavy (non-hydrogen) atoms. The van der Waals surface area contributed by atoms with Crippen LogP contribution in [-0.4, -0.2) is 52.9 Å². The van der Waals surface area contributed by atoms with E-state index in [1.54, 1.807) is 18.2 Å². The van der Waals surface area contributed by atoms with E-state index in [1.807, 2.05) is 73.0 Å². The molecule has 11 heteroatoms. The number of anilines is 1. The van der Waals surface area contributed by atoms with E-state index in [9.17, 15) is 19.5 Å². The maximum absolute atomic E-state index is 15.4. The molecule has 0 spiro atoms. The maximum Gasteiger partial charge on any atom is 0.260 e. The molecule has 2 saturated heterocycles. The number of nitrogens with zero attached hydrogens (tertiary/aromatic N) is 2. The number of ether oxygens (including phenoxy) is 2. The fourth-order valence-electron chi connectivity index (χ4n) is 9.00. The number of thiophene rings is 1. The predicted octanol–water partition coefficient (Wildman–Crippen LogP) is 5.96. The van der Waals surface area contributed by atoms with Gasteiger partial charge in [-0.25, -0.2) is 0 Å². The van der Waals surface area contributed by atoms with E-state index in [1.165, 1.54) is 36.5 Å². The number of aromatic hydroxyl groups is 1. The van der Waals surface area contributed by atoms with Gasteiger partial charge in [0, 0.05) is 28.5 Å². The highest BCUT2D eigenvalue weighted by Crippen LogP contribution is 2.66. The fraction of sp³-hybridized carbons (Fsp3) is 0.300. The van der Waals surface area contributed by atoms with Gasteiger partial charge in [0.25, 0.3) is 11.8 Å². The second kappa shape index (κ2) is 12.4. The van der Waals surface area contributed by atoms with E-state index in [2.05, 4.69) is 5.43 Å². The monoisotopic (exact) mass is 703 g/mol. The minimum Gasteiger partial charge on any atom is -0.507 e. The quantitative estimate of drug-likeness (QED) is 0.170. The number of imide groups is 2. The molecule has 4 aliphatic rings. The molecule has 0 radical (unpaired) electrons. The number of hydrazine groups is 1. The van der Waals surface area contributed by atoms with Gasteiger partial charge in [-0.05, 0) is 54.8 Å². The Kier molecular flexibility index (Phi) is 7.98. The number of carbonyl (C=O) groups is 4. The van der Waals surface area contributed by atoms with Gasteiger partial charge < -0.3 is 14.6 Å². The molecular formula is C40H37N3O7S. The Labute approximate surface area is 299 Å². The van der Waals surface area contributed by atoms with Gasteiger partial charge in [0.2, 0.25) is 11.8 Å². The molecule has 2 aliphatic heterocycles. The van der Waals surface area contributed by atoms with Crippen molar-refractivity contribution < 1.29 is 33.8 Å². The summed E-state index contributed by atoms with van der Waals surface area (Å²) < 4.78 is 11.4. The third-order valence-electron chi connectivity index (χ3n) is 11.2. The number of hydrogen-bond donors (Lipinski definition) is 2. The average Bonchev–Trinajstić information content (AvgIpc) is 3.81. The Morgan fingerprint density at radius 1 is 0.902 bits per heavy atom. The largest absolute Gasteiger partial charge is 0.507 e. The van der Waals surface area contributed by atoms with Crippen molar-refractivity contribution in [3.8, 4) is 17.2 Å². The summed E-state index contributed by atoms with van der Waals surface area (Å²) in [4.78, 5) is 60.7. The van der Waals surface area contributed by atoms with Crippen LogP contribution in [0.3, 0.4) is 0 Å². The number of rotatable bonds is 8. The van der Waals surface area contributed by atoms with Gasteiger partial charge in [-0.3, -0.25) is 29.5 Å². The van der Waals surface area contributed by atoms with Gasteiger partial charge in [0.05, 0.1) is 49.6 Å². The van der Waals surface area contributed by atoms with E-state index in [0.717, 1.165) is 21.0 Å². The van der Waals surface area contributed by atoms with Gasteiger partial charge in [-0.2, -0.15) is 5.01 Å². The molecule has 8 rings (SSSR count). The first kappa shape index (κ1) is 32.8. The number of hydrogen-bond acceptors (Lipinski definition) is 9. The number of amides is 4. The van der Waals surface area contributed by atoms with Crippen molar-refractivity contribution in [2.75, 3.05) is 19.6 Å². The number of phenols is 1. The molecule has 10 nitrogen and oxygen atoms in total. The van der Waals surface area contributed by atoms with Crippen LogP contribution in [0.1, 0.15) is 40.3 Å². The highest BCUT2D eigenvalue weighted by molar-refractivity contribution is 7.09. The molecule has 6 atom stereocenters. The van der Waals surface area contributed by atoms with Crippen molar-refractivity contribution in [1.29, 1.82) is 0 Å². The minimum atomic E-state index is -1.55. The van der Waals surface area contributed by atoms with Crippen LogP contribution in [0.5, 0.6) is 17.2 Å². The van der Waals surface area contributed by atoms with Gasteiger partial charge >= 0.3 is 0 Å². The molecule has 4 amide bonds. The zero-order valence-corrected chi connectivity index (χ0v) is 29.2. The number of phenolic OH excluding ortho intramolecular Hbond substituents is 1. The average molecular weight is 704 g/mol. The summed E-state index contributed by atoms with van der Waals surface area (Å²) in [5.74, 6) is -4.81. The summed E-state index contributed by atoms with van der Waals surface area (Å²) in [6.45, 7) is 2.14. The lowest BCUT2D eigenvalue weighted by Crippen LogP contribution is -2.53. The molecule has 0 bridgehead atoms. The van der Waals surface area contributed by atoms with E-state index < -0.39 is 46.8 Å². The van der Waals surface area contributed by atoms with Crippen molar-refractivity contribution in [1.82, 2.24) is 9.91 Å². The first-order valence-electron chi connectivity index (χ1n) is 17.0. The Balaban J connectivity index is 1.34. The lowest BCUT2D eigenvalue weighted by molar-refractivity contribution is -0.141. The third-order valence-corrected chi connectivity index (χ3v) is 12.1. The number of methoxy groups -OCH3 is 2. The summed E-state index contributed by atoms with van der Waals surface area (Å²) >= 11 is 1.48. The van der Waals surface area contributed by atoms with Crippen molar-refractivity contribution in [3.05, 3.63) is 117 Å². The van der Waals surface area contributed by atoms with Gasteiger partial charge in [0.1, 0.15) is 17.2 Å². The number of nitrogens with one attached hydrogen (secondary N) is 1. The standard InChI is InChI=1S/C40H37N3O7S/c1-22-11-13-24(14-12-22)41-43-37(46)30-20-29-27(15-16-28-33(29)38(47)42(36(28)45)21-26-10-7-17-51-26)35(34-31(44)18-25(49-2)19-32(34)50-3)40(30,39(43)48)23-8-5-4-6-9-23/h4-15,17-19,28-30,33,35,41,44H,16,20-21H2,1-3H3. The summed E-state index contributed by atoms with van der Waals surface area (Å²) in [6, 6.07) is 23.5. The van der Waals surface area contributed by atoms with Crippen molar-refractivity contribution >= 4 is 40.7 Å². The number of carbonyl (C=O) groups excluding carboxylic acids is 4. The Morgan fingerprint density at radius 2 is 1.67 bits per heavy atom. The minimum absolute atomic E-state index is 0.153. The van der Waals surface area contributed by atoms with Crippen LogP contribution in [0.25, 0.3) is 0 Å². The molecular weight excluding hydrogens is 667 g/mol. The molecule has 2 aliphatic carbocycles. The van der Waals surface area contributed by atoms with E-state index in [4.69, 9.17) is 9.47 Å². The molecule has 6 unspecified atom stereocenters. The SMILES string of the molecule is COc1cc(O)c(C2C3=CCC4C(=O)N(Cc5cccs5)C(=O)C4C3CC3C(=O)N(Nc4ccc(C)cc4)C(=O)C32c2ccccc2)c(OC)c1. The summed E-state index contributed by atoms with van der Waals surface area (Å²) in [5.41, 5.74) is 4.77. The Hall–Kier alpha value is -5.42. The van der Waals surface area contributed by atoms with Gasteiger partial charge in [-0.1, -0.05) is 65.7 Å². The first-order chi connectivity index (χ1) is 24.7. The lowest BCUT2D eigenvalue weighted by Gasteiger charge is -2.50. The number of allylic oxidation sites excluding steroid dienone is 2. The predicted molar refractivity (Wildman–Crippen MR) is 190 cm³/mol. The summed E-state index contributed by atoms with van der Waals surface area (Å²) in [6.07, 6.45) is 2.40. The Morgan fingerprint density at radius 3 is 2.35 bits per heavy atom. The highest BCUT2D eigenvalue weighted by Gasteiger charge is 2.71. The second-order valence-corrected chi connectivity index (χ2v) is 14.7. The van der Waals surface area contributed by atoms with Gasteiger partial charge in [-0.15, -0.1) is 11.3 Å². The molecule has 3 heterocycles.